The Morgan fingerprint density at radius 1 is 0.853 bits per heavy atom. The number of ether oxygens (including phenoxy) is 1. The molecule has 5 nitrogen and oxygen atoms in total. The minimum absolute atomic E-state index is 0.225. The first-order chi connectivity index (χ1) is 16.6. The zero-order chi connectivity index (χ0) is 23.3. The maximum absolute atomic E-state index is 13.2. The zero-order valence-electron chi connectivity index (χ0n) is 18.0. The van der Waals surface area contributed by atoms with Crippen molar-refractivity contribution >= 4 is 34.2 Å². The van der Waals surface area contributed by atoms with Crippen LogP contribution in [0, 0.1) is 5.82 Å². The van der Waals surface area contributed by atoms with Gasteiger partial charge in [0.05, 0.1) is 11.4 Å². The van der Waals surface area contributed by atoms with Gasteiger partial charge in [0.1, 0.15) is 23.9 Å². The number of pyridine rings is 2. The number of nitrogens with one attached hydrogen (secondary N) is 1. The van der Waals surface area contributed by atoms with Gasteiger partial charge in [0.15, 0.2) is 5.65 Å². The van der Waals surface area contributed by atoms with E-state index in [-0.39, 0.29) is 11.6 Å². The molecule has 0 atom stereocenters. The molecule has 0 aliphatic rings. The molecule has 5 rings (SSSR count). The normalized spacial score (nSPS) is 10.9. The maximum atomic E-state index is 13.2. The van der Waals surface area contributed by atoms with Gasteiger partial charge in [-0.2, -0.15) is 0 Å². The van der Waals surface area contributed by atoms with E-state index in [9.17, 15) is 9.50 Å². The summed E-state index contributed by atoms with van der Waals surface area (Å²) in [5, 5.41) is 14.0. The average molecular weight is 470 g/mol. The first-order valence-corrected chi connectivity index (χ1v) is 11.4. The van der Waals surface area contributed by atoms with Crippen LogP contribution in [0.2, 0.25) is 0 Å². The maximum Gasteiger partial charge on any atom is 0.161 e. The first kappa shape index (κ1) is 21.7. The Labute approximate surface area is 200 Å². The fraction of sp³-hybridized carbons (Fsp3) is 0.0370. The monoisotopic (exact) mass is 469 g/mol. The molecule has 0 bridgehead atoms. The molecule has 0 amide bonds. The van der Waals surface area contributed by atoms with E-state index in [1.54, 1.807) is 48.4 Å². The second kappa shape index (κ2) is 9.80. The van der Waals surface area contributed by atoms with Crippen molar-refractivity contribution in [1.29, 1.82) is 0 Å². The summed E-state index contributed by atoms with van der Waals surface area (Å²) in [6, 6.07) is 24.9. The summed E-state index contributed by atoms with van der Waals surface area (Å²) in [6.07, 6.45) is 3.44. The molecule has 0 saturated heterocycles. The van der Waals surface area contributed by atoms with E-state index in [1.807, 2.05) is 48.5 Å². The number of hydrogen-bond donors (Lipinski definition) is 2. The van der Waals surface area contributed by atoms with Crippen LogP contribution in [0.25, 0.3) is 11.0 Å². The zero-order valence-corrected chi connectivity index (χ0v) is 18.8. The molecule has 34 heavy (non-hydrogen) atoms. The van der Waals surface area contributed by atoms with Gasteiger partial charge in [-0.15, -0.1) is 0 Å². The van der Waals surface area contributed by atoms with Crippen LogP contribution in [-0.4, -0.2) is 15.1 Å². The molecule has 0 aliphatic carbocycles. The lowest BCUT2D eigenvalue weighted by atomic mass is 10.2. The SMILES string of the molecule is Oc1ccc(Sc2ccc(OCc3ccc(F)cc3)cc2Nc2ccnc3ncccc23)cc1. The number of halogens is 1. The quantitative estimate of drug-likeness (QED) is 0.269. The molecular formula is C27H20FN3O2S. The lowest BCUT2D eigenvalue weighted by Gasteiger charge is -2.15. The van der Waals surface area contributed by atoms with Gasteiger partial charge in [0.25, 0.3) is 0 Å². The lowest BCUT2D eigenvalue weighted by Crippen LogP contribution is -1.99. The summed E-state index contributed by atoms with van der Waals surface area (Å²) in [4.78, 5) is 10.6. The van der Waals surface area contributed by atoms with Crippen LogP contribution in [0.5, 0.6) is 11.5 Å². The number of phenols is 1. The van der Waals surface area contributed by atoms with Crippen LogP contribution < -0.4 is 10.1 Å². The van der Waals surface area contributed by atoms with Crippen molar-refractivity contribution in [1.82, 2.24) is 9.97 Å². The molecule has 2 N–H and O–H groups in total. The molecule has 0 saturated carbocycles. The lowest BCUT2D eigenvalue weighted by molar-refractivity contribution is 0.306. The van der Waals surface area contributed by atoms with E-state index >= 15 is 0 Å². The summed E-state index contributed by atoms with van der Waals surface area (Å²) < 4.78 is 19.2. The van der Waals surface area contributed by atoms with Gasteiger partial charge in [-0.25, -0.2) is 14.4 Å². The van der Waals surface area contributed by atoms with E-state index < -0.39 is 0 Å². The van der Waals surface area contributed by atoms with E-state index in [0.29, 0.717) is 18.0 Å². The van der Waals surface area contributed by atoms with Crippen molar-refractivity contribution < 1.29 is 14.2 Å². The van der Waals surface area contributed by atoms with Gasteiger partial charge in [-0.05, 0) is 72.3 Å². The molecule has 0 unspecified atom stereocenters. The molecule has 5 aromatic rings. The number of hydrogen-bond acceptors (Lipinski definition) is 6. The highest BCUT2D eigenvalue weighted by Crippen LogP contribution is 2.38. The van der Waals surface area contributed by atoms with E-state index in [1.165, 1.54) is 12.1 Å². The minimum atomic E-state index is -0.273. The van der Waals surface area contributed by atoms with Crippen molar-refractivity contribution in [2.45, 2.75) is 16.4 Å². The molecule has 0 fully saturated rings. The predicted octanol–water partition coefficient (Wildman–Crippen LogP) is 6.95. The molecule has 2 heterocycles. The van der Waals surface area contributed by atoms with Crippen molar-refractivity contribution in [3.05, 3.63) is 109 Å². The molecular weight excluding hydrogens is 449 g/mol. The Morgan fingerprint density at radius 2 is 1.65 bits per heavy atom. The number of phenolic OH excluding ortho intramolecular Hbond substituents is 1. The summed E-state index contributed by atoms with van der Waals surface area (Å²) in [5.41, 5.74) is 3.26. The van der Waals surface area contributed by atoms with Crippen LogP contribution in [-0.2, 0) is 6.61 Å². The third-order valence-corrected chi connectivity index (χ3v) is 6.20. The molecule has 168 valence electrons. The van der Waals surface area contributed by atoms with Crippen molar-refractivity contribution in [2.24, 2.45) is 0 Å². The smallest absolute Gasteiger partial charge is 0.161 e. The van der Waals surface area contributed by atoms with Gasteiger partial charge < -0.3 is 15.2 Å². The molecule has 3 aromatic carbocycles. The fourth-order valence-corrected chi connectivity index (χ4v) is 4.29. The highest BCUT2D eigenvalue weighted by molar-refractivity contribution is 7.99. The number of benzene rings is 3. The van der Waals surface area contributed by atoms with Crippen LogP contribution in [0.3, 0.4) is 0 Å². The van der Waals surface area contributed by atoms with Gasteiger partial charge >= 0.3 is 0 Å². The van der Waals surface area contributed by atoms with Gasteiger partial charge in [-0.3, -0.25) is 0 Å². The van der Waals surface area contributed by atoms with Crippen LogP contribution >= 0.6 is 11.8 Å². The number of aromatic hydroxyl groups is 1. The van der Waals surface area contributed by atoms with Crippen LogP contribution in [0.1, 0.15) is 5.56 Å². The fourth-order valence-electron chi connectivity index (χ4n) is 3.41. The summed E-state index contributed by atoms with van der Waals surface area (Å²) in [6.45, 7) is 0.326. The molecule has 0 aliphatic heterocycles. The number of fused-ring (bicyclic) bond motifs is 1. The van der Waals surface area contributed by atoms with Gasteiger partial charge in [0.2, 0.25) is 0 Å². The highest BCUT2D eigenvalue weighted by atomic mass is 32.2. The Balaban J connectivity index is 1.46. The number of nitrogens with zero attached hydrogens (tertiary/aromatic N) is 2. The standard InChI is InChI=1S/C27H20FN3O2S/c28-19-5-3-18(4-6-19)17-33-21-9-12-26(34-22-10-7-20(32)8-11-22)25(16-21)31-24-13-15-30-27-23(24)2-1-14-29-27/h1-16,32H,17H2,(H,29,30,31). The van der Waals surface area contributed by atoms with Gasteiger partial charge in [-0.1, -0.05) is 23.9 Å². The van der Waals surface area contributed by atoms with Crippen LogP contribution in [0.15, 0.2) is 107 Å². The summed E-state index contributed by atoms with van der Waals surface area (Å²) >= 11 is 1.57. The minimum Gasteiger partial charge on any atom is -0.508 e. The Hall–Kier alpha value is -4.10. The Bertz CT molecular complexity index is 1420. The van der Waals surface area contributed by atoms with Crippen LogP contribution in [0.4, 0.5) is 15.8 Å². The van der Waals surface area contributed by atoms with E-state index in [0.717, 1.165) is 32.1 Å². The number of aromatic nitrogens is 2. The van der Waals surface area contributed by atoms with E-state index in [2.05, 4.69) is 15.3 Å². The van der Waals surface area contributed by atoms with E-state index in [4.69, 9.17) is 4.74 Å². The van der Waals surface area contributed by atoms with Gasteiger partial charge in [0, 0.05) is 33.6 Å². The van der Waals surface area contributed by atoms with Crippen molar-refractivity contribution in [3.8, 4) is 11.5 Å². The summed E-state index contributed by atoms with van der Waals surface area (Å²) in [7, 11) is 0. The summed E-state index contributed by atoms with van der Waals surface area (Å²) in [5.74, 6) is 0.631. The van der Waals surface area contributed by atoms with Crippen molar-refractivity contribution in [2.75, 3.05) is 5.32 Å². The first-order valence-electron chi connectivity index (χ1n) is 10.6. The predicted molar refractivity (Wildman–Crippen MR) is 132 cm³/mol. The average Bonchev–Trinajstić information content (AvgIpc) is 2.86. The molecule has 2 aromatic heterocycles. The largest absolute Gasteiger partial charge is 0.508 e. The molecule has 0 spiro atoms. The second-order valence-electron chi connectivity index (χ2n) is 7.53. The third-order valence-electron chi connectivity index (χ3n) is 5.12. The Kier molecular flexibility index (Phi) is 6.27. The molecule has 7 heteroatoms. The topological polar surface area (TPSA) is 67.3 Å². The molecule has 0 radical (unpaired) electrons. The Morgan fingerprint density at radius 3 is 2.47 bits per heavy atom. The second-order valence-corrected chi connectivity index (χ2v) is 8.64. The number of rotatable bonds is 7. The highest BCUT2D eigenvalue weighted by Gasteiger charge is 2.11. The van der Waals surface area contributed by atoms with Crippen molar-refractivity contribution in [3.63, 3.8) is 0 Å². The number of anilines is 2. The third kappa shape index (κ3) is 5.10.